The van der Waals surface area contributed by atoms with Crippen molar-refractivity contribution in [3.63, 3.8) is 0 Å². The number of esters is 2. The molecule has 0 spiro atoms. The number of methoxy groups -OCH3 is 2. The molecule has 0 aliphatic carbocycles. The number of aromatic nitrogens is 1. The second-order valence-electron chi connectivity index (χ2n) is 10.6. The van der Waals surface area contributed by atoms with E-state index >= 15 is 0 Å². The molecule has 0 radical (unpaired) electrons. The average molecular weight is 597 g/mol. The maximum atomic E-state index is 13.5. The number of rotatable bonds is 12. The van der Waals surface area contributed by atoms with E-state index < -0.39 is 73.4 Å². The quantitative estimate of drug-likeness (QED) is 0.237. The summed E-state index contributed by atoms with van der Waals surface area (Å²) in [7, 11) is 0.685. The number of benzene rings is 1. The van der Waals surface area contributed by atoms with Gasteiger partial charge in [-0.2, -0.15) is 0 Å². The second-order valence-corrected chi connectivity index (χ2v) is 10.6. The van der Waals surface area contributed by atoms with Gasteiger partial charge in [-0.15, -0.1) is 0 Å². The zero-order chi connectivity index (χ0) is 31.7. The van der Waals surface area contributed by atoms with Crippen molar-refractivity contribution in [2.75, 3.05) is 14.2 Å². The summed E-state index contributed by atoms with van der Waals surface area (Å²) < 4.78 is 20.7. The number of nitrogens with zero attached hydrogens (tertiary/aromatic N) is 1. The fourth-order valence-corrected chi connectivity index (χ4v) is 4.61. The van der Waals surface area contributed by atoms with E-state index in [1.165, 1.54) is 13.0 Å². The Morgan fingerprint density at radius 1 is 1.02 bits per heavy atom. The highest BCUT2D eigenvalue weighted by molar-refractivity contribution is 6.50. The van der Waals surface area contributed by atoms with Gasteiger partial charge in [0.05, 0.1) is 44.8 Å². The molecule has 1 aromatic heterocycles. The summed E-state index contributed by atoms with van der Waals surface area (Å²) in [6.45, 7) is 5.00. The van der Waals surface area contributed by atoms with Crippen LogP contribution in [0.1, 0.15) is 50.5 Å². The van der Waals surface area contributed by atoms with Gasteiger partial charge in [0.15, 0.2) is 5.60 Å². The van der Waals surface area contributed by atoms with Crippen LogP contribution in [0.15, 0.2) is 48.5 Å². The number of hydrogen-bond donors (Lipinski definition) is 3. The molecule has 4 atom stereocenters. The molecule has 1 fully saturated rings. The first-order valence-corrected chi connectivity index (χ1v) is 13.7. The van der Waals surface area contributed by atoms with Gasteiger partial charge in [-0.3, -0.25) is 19.2 Å². The van der Waals surface area contributed by atoms with Gasteiger partial charge in [-0.25, -0.2) is 9.78 Å². The van der Waals surface area contributed by atoms with Crippen molar-refractivity contribution >= 4 is 36.8 Å². The molecule has 43 heavy (non-hydrogen) atoms. The van der Waals surface area contributed by atoms with E-state index in [4.69, 9.17) is 14.0 Å². The highest BCUT2D eigenvalue weighted by Gasteiger charge is 2.55. The maximum Gasteiger partial charge on any atom is 0.552 e. The monoisotopic (exact) mass is 597 g/mol. The highest BCUT2D eigenvalue weighted by Crippen LogP contribution is 2.31. The molecule has 3 rings (SSSR count). The number of amides is 2. The highest BCUT2D eigenvalue weighted by atomic mass is 16.7. The molecule has 2 aromatic rings. The lowest BCUT2D eigenvalue weighted by atomic mass is 9.70. The van der Waals surface area contributed by atoms with Gasteiger partial charge in [0.25, 0.3) is 11.9 Å². The van der Waals surface area contributed by atoms with E-state index in [9.17, 15) is 29.1 Å². The number of pyridine rings is 1. The van der Waals surface area contributed by atoms with Crippen LogP contribution >= 0.6 is 0 Å². The predicted molar refractivity (Wildman–Crippen MR) is 153 cm³/mol. The van der Waals surface area contributed by atoms with Crippen molar-refractivity contribution in [2.45, 2.75) is 63.7 Å². The van der Waals surface area contributed by atoms with Crippen LogP contribution in [0.3, 0.4) is 0 Å². The summed E-state index contributed by atoms with van der Waals surface area (Å²) in [4.78, 5) is 68.5. The molecule has 0 unspecified atom stereocenters. The average Bonchev–Trinajstić information content (AvgIpc) is 2.98. The van der Waals surface area contributed by atoms with Gasteiger partial charge < -0.3 is 34.5 Å². The number of ether oxygens (including phenoxy) is 2. The summed E-state index contributed by atoms with van der Waals surface area (Å²) in [5, 5.41) is 15.6. The Hall–Kier alpha value is -4.30. The largest absolute Gasteiger partial charge is 0.552 e. The summed E-state index contributed by atoms with van der Waals surface area (Å²) in [6, 6.07) is 12.6. The minimum Gasteiger partial charge on any atom is -0.508 e. The zero-order valence-corrected chi connectivity index (χ0v) is 24.7. The van der Waals surface area contributed by atoms with Crippen molar-refractivity contribution < 1.29 is 47.9 Å². The van der Waals surface area contributed by atoms with Gasteiger partial charge in [-0.1, -0.05) is 50.2 Å². The van der Waals surface area contributed by atoms with Gasteiger partial charge in [-0.05, 0) is 31.4 Å². The van der Waals surface area contributed by atoms with Crippen molar-refractivity contribution in [1.82, 2.24) is 15.6 Å². The maximum absolute atomic E-state index is 13.5. The first-order chi connectivity index (χ1) is 20.4. The topological polar surface area (TPSA) is 179 Å². The van der Waals surface area contributed by atoms with Gasteiger partial charge in [0, 0.05) is 5.56 Å². The Morgan fingerprint density at radius 2 is 1.72 bits per heavy atom. The Labute approximate surface area is 249 Å². The molecule has 1 aromatic carbocycles. The third kappa shape index (κ3) is 8.61. The minimum atomic E-state index is -2.05. The number of carbonyl (C=O) groups excluding carboxylic acids is 5. The van der Waals surface area contributed by atoms with E-state index in [2.05, 4.69) is 20.4 Å². The van der Waals surface area contributed by atoms with E-state index in [0.29, 0.717) is 5.69 Å². The summed E-state index contributed by atoms with van der Waals surface area (Å²) in [5.74, 6) is -5.32. The molecular weight excluding hydrogens is 561 g/mol. The Kier molecular flexibility index (Phi) is 11.4. The molecular formula is C29H36BN3O10. The van der Waals surface area contributed by atoms with Crippen LogP contribution in [-0.2, 0) is 38.0 Å². The molecule has 14 heteroatoms. The Balaban J connectivity index is 1.83. The van der Waals surface area contributed by atoms with Crippen molar-refractivity contribution in [3.05, 3.63) is 54.2 Å². The summed E-state index contributed by atoms with van der Waals surface area (Å²) in [5.41, 5.74) is -0.695. The fourth-order valence-electron chi connectivity index (χ4n) is 4.61. The Morgan fingerprint density at radius 3 is 2.33 bits per heavy atom. The van der Waals surface area contributed by atoms with Crippen LogP contribution < -0.4 is 10.6 Å². The van der Waals surface area contributed by atoms with E-state index in [1.54, 1.807) is 12.1 Å². The number of carbonyl (C=O) groups is 5. The normalized spacial score (nSPS) is 18.6. The van der Waals surface area contributed by atoms with Crippen LogP contribution in [0.5, 0.6) is 0 Å². The summed E-state index contributed by atoms with van der Waals surface area (Å²) >= 11 is 0. The van der Waals surface area contributed by atoms with Crippen LogP contribution in [0.4, 0.5) is 0 Å². The molecule has 1 saturated heterocycles. The molecule has 1 aliphatic heterocycles. The first-order valence-electron chi connectivity index (χ1n) is 13.7. The van der Waals surface area contributed by atoms with Crippen LogP contribution in [0, 0.1) is 5.92 Å². The predicted octanol–water partition coefficient (Wildman–Crippen LogP) is 1.22. The first kappa shape index (κ1) is 33.2. The van der Waals surface area contributed by atoms with Gasteiger partial charge in [0.1, 0.15) is 11.7 Å². The van der Waals surface area contributed by atoms with Gasteiger partial charge >= 0.3 is 19.1 Å². The molecule has 1 aliphatic rings. The number of aliphatic hydroxyl groups is 1. The lowest BCUT2D eigenvalue weighted by Crippen LogP contribution is -2.63. The summed E-state index contributed by atoms with van der Waals surface area (Å²) in [6.07, 6.45) is -2.40. The third-order valence-electron chi connectivity index (χ3n) is 6.72. The second kappa shape index (κ2) is 14.7. The van der Waals surface area contributed by atoms with Crippen LogP contribution in [0.25, 0.3) is 11.3 Å². The lowest BCUT2D eigenvalue weighted by molar-refractivity contribution is -0.178. The molecule has 13 nitrogen and oxygen atoms in total. The zero-order valence-electron chi connectivity index (χ0n) is 24.7. The number of aliphatic hydroxyl groups excluding tert-OH is 1. The van der Waals surface area contributed by atoms with Crippen molar-refractivity contribution in [1.29, 1.82) is 0 Å². The molecule has 230 valence electrons. The number of hydrogen-bond acceptors (Lipinski definition) is 11. The molecule has 2 heterocycles. The standard InChI is InChI=1S/C29H36BN3O10/c1-17(2)14-22(30-42-24(36)16-29(43-30,28(39)41-5)15-23(35)40-4)32-27(38)25(18(3)34)33-26(37)21-13-9-12-20(31-21)19-10-7-6-8-11-19/h6-13,17-18,22,25,34H,14-16H2,1-5H3,(H,32,38)(H,33,37)/t18-,22+,25+,29-/m1/s1. The molecule has 3 N–H and O–H groups in total. The van der Waals surface area contributed by atoms with Crippen LogP contribution in [-0.4, -0.2) is 84.8 Å². The van der Waals surface area contributed by atoms with E-state index in [0.717, 1.165) is 19.8 Å². The van der Waals surface area contributed by atoms with Gasteiger partial charge in [0.2, 0.25) is 5.91 Å². The SMILES string of the molecule is COC(=O)C[C@]1(C(=O)OC)CC(=O)OB([C@H](CC(C)C)NC(=O)[C@@H](NC(=O)c2cccc(-c3ccccc3)n2)[C@@H](C)O)O1. The van der Waals surface area contributed by atoms with Crippen molar-refractivity contribution in [3.8, 4) is 11.3 Å². The smallest absolute Gasteiger partial charge is 0.508 e. The van der Waals surface area contributed by atoms with E-state index in [-0.39, 0.29) is 18.0 Å². The third-order valence-corrected chi connectivity index (χ3v) is 6.72. The fraction of sp³-hybridized carbons (Fsp3) is 0.448. The van der Waals surface area contributed by atoms with Crippen molar-refractivity contribution in [2.24, 2.45) is 5.92 Å². The van der Waals surface area contributed by atoms with E-state index in [1.807, 2.05) is 44.2 Å². The molecule has 2 amide bonds. The van der Waals surface area contributed by atoms with Crippen LogP contribution in [0.2, 0.25) is 0 Å². The lowest BCUT2D eigenvalue weighted by Gasteiger charge is -2.39. The minimum absolute atomic E-state index is 0.0220. The molecule has 0 saturated carbocycles. The number of nitrogens with one attached hydrogen (secondary N) is 2. The molecule has 0 bridgehead atoms. The Bertz CT molecular complexity index is 1320.